The summed E-state index contributed by atoms with van der Waals surface area (Å²) in [4.78, 5) is 11.1. The first kappa shape index (κ1) is 14.0. The molecule has 7 nitrogen and oxygen atoms in total. The molecule has 0 aliphatic heterocycles. The Labute approximate surface area is 110 Å². The number of ether oxygens (including phenoxy) is 1. The van der Waals surface area contributed by atoms with Crippen molar-refractivity contribution in [3.05, 3.63) is 18.0 Å². The first-order chi connectivity index (χ1) is 9.41. The van der Waals surface area contributed by atoms with Crippen LogP contribution in [0.3, 0.4) is 0 Å². The fraction of sp³-hybridized carbons (Fsp3) is 0.400. The molecule has 2 heterocycles. The second-order valence-corrected chi connectivity index (χ2v) is 3.67. The Bertz CT molecular complexity index is 625. The van der Waals surface area contributed by atoms with Gasteiger partial charge in [0, 0.05) is 0 Å². The van der Waals surface area contributed by atoms with Crippen molar-refractivity contribution >= 4 is 17.4 Å². The van der Waals surface area contributed by atoms with Gasteiger partial charge in [-0.25, -0.2) is 0 Å². The van der Waals surface area contributed by atoms with Crippen LogP contribution >= 0.6 is 0 Å². The smallest absolute Gasteiger partial charge is 0.453 e. The van der Waals surface area contributed by atoms with E-state index in [2.05, 4.69) is 25.3 Å². The van der Waals surface area contributed by atoms with E-state index in [1.807, 2.05) is 0 Å². The van der Waals surface area contributed by atoms with Crippen LogP contribution < -0.4 is 5.32 Å². The fourth-order valence-electron chi connectivity index (χ4n) is 1.43. The number of carbonyl (C=O) groups excluding carboxylic acids is 1. The minimum atomic E-state index is -4.66. The molecule has 0 fully saturated rings. The van der Waals surface area contributed by atoms with Crippen molar-refractivity contribution in [2.24, 2.45) is 0 Å². The molecular weight excluding hydrogens is 279 g/mol. The van der Waals surface area contributed by atoms with Crippen molar-refractivity contribution in [3.63, 3.8) is 0 Å². The lowest BCUT2D eigenvalue weighted by Crippen LogP contribution is -2.18. The first-order valence-electron chi connectivity index (χ1n) is 5.61. The van der Waals surface area contributed by atoms with Gasteiger partial charge in [0.15, 0.2) is 5.65 Å². The lowest BCUT2D eigenvalue weighted by atomic mass is 10.5. The Morgan fingerprint density at radius 3 is 2.80 bits per heavy atom. The van der Waals surface area contributed by atoms with Crippen molar-refractivity contribution in [1.82, 2.24) is 19.8 Å². The van der Waals surface area contributed by atoms with Crippen LogP contribution in [-0.4, -0.2) is 38.9 Å². The molecule has 2 aromatic rings. The third-order valence-electron chi connectivity index (χ3n) is 2.24. The third kappa shape index (κ3) is 2.95. The van der Waals surface area contributed by atoms with Gasteiger partial charge in [0.1, 0.15) is 12.4 Å². The Balaban J connectivity index is 2.22. The van der Waals surface area contributed by atoms with Gasteiger partial charge in [0.05, 0.1) is 6.61 Å². The van der Waals surface area contributed by atoms with Gasteiger partial charge in [0.2, 0.25) is 0 Å². The van der Waals surface area contributed by atoms with Gasteiger partial charge in [-0.3, -0.25) is 4.79 Å². The van der Waals surface area contributed by atoms with E-state index in [4.69, 9.17) is 0 Å². The molecule has 2 aromatic heterocycles. The van der Waals surface area contributed by atoms with Crippen molar-refractivity contribution in [2.75, 3.05) is 18.5 Å². The molecule has 1 N–H and O–H groups in total. The van der Waals surface area contributed by atoms with Gasteiger partial charge in [0.25, 0.3) is 5.82 Å². The van der Waals surface area contributed by atoms with E-state index in [-0.39, 0.29) is 24.6 Å². The van der Waals surface area contributed by atoms with E-state index < -0.39 is 18.0 Å². The van der Waals surface area contributed by atoms with E-state index in [0.717, 1.165) is 0 Å². The van der Waals surface area contributed by atoms with Crippen LogP contribution in [0.4, 0.5) is 19.0 Å². The summed E-state index contributed by atoms with van der Waals surface area (Å²) < 4.78 is 43.2. The number of nitrogens with zero attached hydrogens (tertiary/aromatic N) is 4. The molecule has 0 unspecified atom stereocenters. The predicted molar refractivity (Wildman–Crippen MR) is 60.9 cm³/mol. The second-order valence-electron chi connectivity index (χ2n) is 3.67. The third-order valence-corrected chi connectivity index (χ3v) is 2.24. The number of rotatable bonds is 4. The molecule has 0 aromatic carbocycles. The summed E-state index contributed by atoms with van der Waals surface area (Å²) in [7, 11) is 0. The van der Waals surface area contributed by atoms with Crippen LogP contribution in [0.25, 0.3) is 5.65 Å². The zero-order chi connectivity index (χ0) is 14.8. The second kappa shape index (κ2) is 5.31. The molecule has 2 rings (SSSR count). The highest BCUT2D eigenvalue weighted by atomic mass is 19.4. The lowest BCUT2D eigenvalue weighted by molar-refractivity contribution is -0.146. The molecule has 0 saturated carbocycles. The molecule has 0 aliphatic rings. The molecule has 20 heavy (non-hydrogen) atoms. The Morgan fingerprint density at radius 1 is 1.40 bits per heavy atom. The van der Waals surface area contributed by atoms with Crippen molar-refractivity contribution < 1.29 is 22.7 Å². The highest BCUT2D eigenvalue weighted by Crippen LogP contribution is 2.27. The van der Waals surface area contributed by atoms with Gasteiger partial charge < -0.3 is 10.1 Å². The molecule has 0 saturated heterocycles. The number of aromatic nitrogens is 4. The van der Waals surface area contributed by atoms with Crippen LogP contribution in [0, 0.1) is 0 Å². The number of alkyl halides is 3. The average Bonchev–Trinajstić information content (AvgIpc) is 2.79. The maximum Gasteiger partial charge on any atom is 0.453 e. The standard InChI is InChI=1S/C10H10F3N5O2/c1-2-20-8(19)5-14-6-3-4-7-15-16-9(10(11,12)13)18(7)17-6/h3-4H,2,5H2,1H3,(H,14,17). The Kier molecular flexibility index (Phi) is 3.72. The molecular formula is C10H10F3N5O2. The molecule has 10 heteroatoms. The minimum absolute atomic E-state index is 0.0426. The van der Waals surface area contributed by atoms with Crippen LogP contribution in [0.2, 0.25) is 0 Å². The fourth-order valence-corrected chi connectivity index (χ4v) is 1.43. The number of hydrogen-bond acceptors (Lipinski definition) is 6. The number of nitrogens with one attached hydrogen (secondary N) is 1. The quantitative estimate of drug-likeness (QED) is 0.849. The number of anilines is 1. The number of fused-ring (bicyclic) bond motifs is 1. The van der Waals surface area contributed by atoms with Crippen molar-refractivity contribution in [2.45, 2.75) is 13.1 Å². The molecule has 0 atom stereocenters. The molecule has 0 radical (unpaired) electrons. The summed E-state index contributed by atoms with van der Waals surface area (Å²) >= 11 is 0. The summed E-state index contributed by atoms with van der Waals surface area (Å²) in [5.41, 5.74) is -0.0426. The van der Waals surface area contributed by atoms with E-state index in [1.165, 1.54) is 12.1 Å². The van der Waals surface area contributed by atoms with E-state index in [0.29, 0.717) is 4.52 Å². The summed E-state index contributed by atoms with van der Waals surface area (Å²) in [6, 6.07) is 2.70. The highest BCUT2D eigenvalue weighted by Gasteiger charge is 2.37. The largest absolute Gasteiger partial charge is 0.465 e. The number of esters is 1. The first-order valence-corrected chi connectivity index (χ1v) is 5.61. The van der Waals surface area contributed by atoms with Crippen LogP contribution in [0.1, 0.15) is 12.7 Å². The van der Waals surface area contributed by atoms with E-state index in [1.54, 1.807) is 6.92 Å². The zero-order valence-corrected chi connectivity index (χ0v) is 10.3. The zero-order valence-electron chi connectivity index (χ0n) is 10.3. The van der Waals surface area contributed by atoms with Gasteiger partial charge in [-0.15, -0.1) is 15.3 Å². The summed E-state index contributed by atoms with van der Waals surface area (Å²) in [5, 5.41) is 12.6. The molecule has 0 aliphatic carbocycles. The topological polar surface area (TPSA) is 81.4 Å². The average molecular weight is 289 g/mol. The van der Waals surface area contributed by atoms with E-state index in [9.17, 15) is 18.0 Å². The summed E-state index contributed by atoms with van der Waals surface area (Å²) in [5.74, 6) is -1.68. The van der Waals surface area contributed by atoms with Crippen LogP contribution in [0.15, 0.2) is 12.1 Å². The van der Waals surface area contributed by atoms with Crippen molar-refractivity contribution in [3.8, 4) is 0 Å². The maximum absolute atomic E-state index is 12.6. The molecule has 108 valence electrons. The maximum atomic E-state index is 12.6. The number of carbonyl (C=O) groups is 1. The number of halogens is 3. The minimum Gasteiger partial charge on any atom is -0.465 e. The van der Waals surface area contributed by atoms with Gasteiger partial charge in [-0.1, -0.05) is 0 Å². The Hall–Kier alpha value is -2.39. The van der Waals surface area contributed by atoms with Crippen LogP contribution in [-0.2, 0) is 15.7 Å². The monoisotopic (exact) mass is 289 g/mol. The lowest BCUT2D eigenvalue weighted by Gasteiger charge is -2.07. The molecule has 0 amide bonds. The summed E-state index contributed by atoms with van der Waals surface area (Å²) in [6.07, 6.45) is -4.66. The number of hydrogen-bond donors (Lipinski definition) is 1. The normalized spacial score (nSPS) is 11.6. The molecule has 0 spiro atoms. The van der Waals surface area contributed by atoms with E-state index >= 15 is 0 Å². The SMILES string of the molecule is CCOC(=O)CNc1ccc2nnc(C(F)(F)F)n2n1. The van der Waals surface area contributed by atoms with Gasteiger partial charge in [-0.05, 0) is 19.1 Å². The predicted octanol–water partition coefficient (Wildman–Crippen LogP) is 1.12. The summed E-state index contributed by atoms with van der Waals surface area (Å²) in [6.45, 7) is 1.67. The van der Waals surface area contributed by atoms with Gasteiger partial charge >= 0.3 is 12.1 Å². The Morgan fingerprint density at radius 2 is 2.15 bits per heavy atom. The molecule has 0 bridgehead atoms. The van der Waals surface area contributed by atoms with Crippen molar-refractivity contribution in [1.29, 1.82) is 0 Å². The van der Waals surface area contributed by atoms with Gasteiger partial charge in [-0.2, -0.15) is 17.7 Å². The van der Waals surface area contributed by atoms with Crippen LogP contribution in [0.5, 0.6) is 0 Å². The highest BCUT2D eigenvalue weighted by molar-refractivity contribution is 5.74.